The Kier molecular flexibility index (Phi) is 5.36. The van der Waals surface area contributed by atoms with Crippen molar-refractivity contribution in [3.05, 3.63) is 59.5 Å². The van der Waals surface area contributed by atoms with Crippen LogP contribution in [0.3, 0.4) is 0 Å². The minimum absolute atomic E-state index is 0.0155. The Hall–Kier alpha value is -2.56. The topological polar surface area (TPSA) is 79.5 Å². The normalized spacial score (nSPS) is 11.9. The van der Waals surface area contributed by atoms with Crippen LogP contribution in [-0.4, -0.2) is 23.0 Å². The predicted molar refractivity (Wildman–Crippen MR) is 82.0 cm³/mol. The van der Waals surface area contributed by atoms with Gasteiger partial charge in [-0.05, 0) is 18.4 Å². The molecular formula is C17H19NO4. The Morgan fingerprint density at radius 1 is 1.27 bits per heavy atom. The fraction of sp³-hybridized carbons (Fsp3) is 0.294. The zero-order valence-electron chi connectivity index (χ0n) is 12.4. The summed E-state index contributed by atoms with van der Waals surface area (Å²) in [5.74, 6) is -1.48. The van der Waals surface area contributed by atoms with Crippen LogP contribution in [0.4, 0.5) is 0 Å². The molecule has 1 amide bonds. The van der Waals surface area contributed by atoms with Crippen molar-refractivity contribution in [1.82, 2.24) is 5.32 Å². The molecule has 116 valence electrons. The third-order valence-corrected chi connectivity index (χ3v) is 3.37. The molecule has 0 spiro atoms. The molecule has 1 atom stereocenters. The largest absolute Gasteiger partial charge is 0.478 e. The number of hydrogen-bond donors (Lipinski definition) is 2. The van der Waals surface area contributed by atoms with Crippen LogP contribution in [0.5, 0.6) is 0 Å². The van der Waals surface area contributed by atoms with E-state index in [2.05, 4.69) is 12.2 Å². The second-order valence-electron chi connectivity index (χ2n) is 5.15. The Morgan fingerprint density at radius 3 is 2.59 bits per heavy atom. The molecule has 0 aliphatic carbocycles. The molecule has 2 N–H and O–H groups in total. The number of amides is 1. The lowest BCUT2D eigenvalue weighted by Crippen LogP contribution is -2.36. The number of carbonyl (C=O) groups excluding carboxylic acids is 1. The first-order chi connectivity index (χ1) is 10.6. The van der Waals surface area contributed by atoms with E-state index in [-0.39, 0.29) is 23.3 Å². The van der Waals surface area contributed by atoms with Gasteiger partial charge in [-0.3, -0.25) is 4.79 Å². The number of furan rings is 1. The first-order valence-electron chi connectivity index (χ1n) is 7.26. The van der Waals surface area contributed by atoms with Crippen molar-refractivity contribution in [2.75, 3.05) is 0 Å². The lowest BCUT2D eigenvalue weighted by molar-refractivity contribution is 0.0695. The molecule has 2 rings (SSSR count). The number of hydrogen-bond acceptors (Lipinski definition) is 3. The van der Waals surface area contributed by atoms with Crippen LogP contribution in [0.25, 0.3) is 0 Å². The zero-order chi connectivity index (χ0) is 15.9. The van der Waals surface area contributed by atoms with E-state index in [1.807, 2.05) is 30.3 Å². The number of nitrogens with one attached hydrogen (secondary N) is 1. The second-order valence-corrected chi connectivity index (χ2v) is 5.15. The predicted octanol–water partition coefficient (Wildman–Crippen LogP) is 3.12. The van der Waals surface area contributed by atoms with E-state index in [0.717, 1.165) is 31.1 Å². The van der Waals surface area contributed by atoms with Crippen molar-refractivity contribution < 1.29 is 19.1 Å². The van der Waals surface area contributed by atoms with E-state index in [0.29, 0.717) is 0 Å². The summed E-state index contributed by atoms with van der Waals surface area (Å²) < 4.78 is 5.02. The highest BCUT2D eigenvalue weighted by Crippen LogP contribution is 2.11. The minimum Gasteiger partial charge on any atom is -0.478 e. The van der Waals surface area contributed by atoms with Gasteiger partial charge in [0.25, 0.3) is 5.91 Å². The second kappa shape index (κ2) is 7.45. The smallest absolute Gasteiger partial charge is 0.338 e. The van der Waals surface area contributed by atoms with Gasteiger partial charge in [0.15, 0.2) is 5.76 Å². The van der Waals surface area contributed by atoms with E-state index < -0.39 is 5.97 Å². The van der Waals surface area contributed by atoms with Gasteiger partial charge in [0, 0.05) is 12.1 Å². The molecule has 1 heterocycles. The minimum atomic E-state index is -1.11. The Bertz CT molecular complexity index is 633. The summed E-state index contributed by atoms with van der Waals surface area (Å²) in [7, 11) is 0. The molecule has 0 saturated heterocycles. The third-order valence-electron chi connectivity index (χ3n) is 3.37. The van der Waals surface area contributed by atoms with E-state index in [1.54, 1.807) is 0 Å². The van der Waals surface area contributed by atoms with Crippen LogP contribution in [0.15, 0.2) is 47.1 Å². The summed E-state index contributed by atoms with van der Waals surface area (Å²) in [5.41, 5.74) is 1.12. The molecule has 1 unspecified atom stereocenters. The van der Waals surface area contributed by atoms with Crippen molar-refractivity contribution in [2.24, 2.45) is 0 Å². The average molecular weight is 301 g/mol. The lowest BCUT2D eigenvalue weighted by atomic mass is 10.0. The summed E-state index contributed by atoms with van der Waals surface area (Å²) in [4.78, 5) is 23.0. The molecule has 5 heteroatoms. The molecule has 0 saturated carbocycles. The van der Waals surface area contributed by atoms with Crippen LogP contribution < -0.4 is 5.32 Å². The summed E-state index contributed by atoms with van der Waals surface area (Å²) in [6, 6.07) is 11.1. The highest BCUT2D eigenvalue weighted by molar-refractivity contribution is 5.95. The van der Waals surface area contributed by atoms with E-state index in [9.17, 15) is 9.59 Å². The van der Waals surface area contributed by atoms with Crippen molar-refractivity contribution >= 4 is 11.9 Å². The molecule has 0 aliphatic heterocycles. The fourth-order valence-electron chi connectivity index (χ4n) is 2.30. The molecule has 5 nitrogen and oxygen atoms in total. The molecule has 2 aromatic rings. The average Bonchev–Trinajstić information content (AvgIpc) is 2.98. The summed E-state index contributed by atoms with van der Waals surface area (Å²) in [6.45, 7) is 2.06. The number of carboxylic acids is 1. The lowest BCUT2D eigenvalue weighted by Gasteiger charge is -2.17. The molecule has 1 aromatic heterocycles. The van der Waals surface area contributed by atoms with Gasteiger partial charge in [-0.1, -0.05) is 43.7 Å². The van der Waals surface area contributed by atoms with Crippen molar-refractivity contribution in [3.8, 4) is 0 Å². The van der Waals surface area contributed by atoms with Gasteiger partial charge in [-0.25, -0.2) is 4.79 Å². The summed E-state index contributed by atoms with van der Waals surface area (Å²) in [6.07, 6.45) is 3.58. The standard InChI is InChI=1S/C17H19NO4/c1-2-6-14(9-12-7-4-3-5-8-12)18-16(19)15-10-13(11-22-15)17(20)21/h3-5,7-8,10-11,14H,2,6,9H2,1H3,(H,18,19)(H,20,21). The Balaban J connectivity index is 2.03. The van der Waals surface area contributed by atoms with Gasteiger partial charge in [-0.2, -0.15) is 0 Å². The molecule has 22 heavy (non-hydrogen) atoms. The van der Waals surface area contributed by atoms with Gasteiger partial charge in [0.1, 0.15) is 6.26 Å². The zero-order valence-corrected chi connectivity index (χ0v) is 12.4. The van der Waals surface area contributed by atoms with Gasteiger partial charge in [-0.15, -0.1) is 0 Å². The van der Waals surface area contributed by atoms with Crippen LogP contribution in [0.2, 0.25) is 0 Å². The van der Waals surface area contributed by atoms with Gasteiger partial charge < -0.3 is 14.8 Å². The van der Waals surface area contributed by atoms with E-state index in [4.69, 9.17) is 9.52 Å². The van der Waals surface area contributed by atoms with Crippen molar-refractivity contribution in [2.45, 2.75) is 32.2 Å². The van der Waals surface area contributed by atoms with E-state index in [1.165, 1.54) is 6.07 Å². The van der Waals surface area contributed by atoms with Gasteiger partial charge in [0.2, 0.25) is 0 Å². The third kappa shape index (κ3) is 4.22. The number of carboxylic acid groups (broad SMARTS) is 1. The number of benzene rings is 1. The number of rotatable bonds is 7. The first-order valence-corrected chi connectivity index (χ1v) is 7.26. The van der Waals surface area contributed by atoms with Crippen LogP contribution in [-0.2, 0) is 6.42 Å². The maximum atomic E-state index is 12.2. The van der Waals surface area contributed by atoms with Crippen molar-refractivity contribution in [1.29, 1.82) is 0 Å². The maximum absolute atomic E-state index is 12.2. The highest BCUT2D eigenvalue weighted by Gasteiger charge is 2.18. The van der Waals surface area contributed by atoms with E-state index >= 15 is 0 Å². The van der Waals surface area contributed by atoms with Crippen molar-refractivity contribution in [3.63, 3.8) is 0 Å². The molecular weight excluding hydrogens is 282 g/mol. The maximum Gasteiger partial charge on any atom is 0.338 e. The number of carbonyl (C=O) groups is 2. The van der Waals surface area contributed by atoms with Gasteiger partial charge >= 0.3 is 5.97 Å². The number of aromatic carboxylic acids is 1. The Morgan fingerprint density at radius 2 is 2.00 bits per heavy atom. The monoisotopic (exact) mass is 301 g/mol. The van der Waals surface area contributed by atoms with Crippen LogP contribution in [0, 0.1) is 0 Å². The highest BCUT2D eigenvalue weighted by atomic mass is 16.4. The van der Waals surface area contributed by atoms with Crippen LogP contribution in [0.1, 0.15) is 46.2 Å². The molecule has 0 radical (unpaired) electrons. The molecule has 0 bridgehead atoms. The Labute approximate surface area is 129 Å². The molecule has 1 aromatic carbocycles. The molecule has 0 fully saturated rings. The fourth-order valence-corrected chi connectivity index (χ4v) is 2.30. The summed E-state index contributed by atoms with van der Waals surface area (Å²) >= 11 is 0. The SMILES string of the molecule is CCCC(Cc1ccccc1)NC(=O)c1cc(C(=O)O)co1. The quantitative estimate of drug-likeness (QED) is 0.823. The van der Waals surface area contributed by atoms with Gasteiger partial charge in [0.05, 0.1) is 5.56 Å². The first kappa shape index (κ1) is 15.8. The summed E-state index contributed by atoms with van der Waals surface area (Å²) in [5, 5.41) is 11.8. The molecule has 0 aliphatic rings. The van der Waals surface area contributed by atoms with Crippen LogP contribution >= 0.6 is 0 Å².